The number of ether oxygens (including phenoxy) is 1. The van der Waals surface area contributed by atoms with Crippen molar-refractivity contribution in [1.82, 2.24) is 4.68 Å². The molecule has 1 aliphatic heterocycles. The van der Waals surface area contributed by atoms with Crippen molar-refractivity contribution < 1.29 is 13.9 Å². The minimum atomic E-state index is -0.172. The number of thiazole rings is 1. The van der Waals surface area contributed by atoms with E-state index in [4.69, 9.17) is 14.1 Å². The highest BCUT2D eigenvalue weighted by Crippen LogP contribution is 2.33. The average Bonchev–Trinajstić information content (AvgIpc) is 3.39. The number of amides is 1. The molecule has 0 saturated carbocycles. The van der Waals surface area contributed by atoms with Gasteiger partial charge in [-0.1, -0.05) is 18.2 Å². The van der Waals surface area contributed by atoms with E-state index in [1.165, 1.54) is 11.3 Å². The van der Waals surface area contributed by atoms with Gasteiger partial charge in [0.05, 0.1) is 23.3 Å². The van der Waals surface area contributed by atoms with Gasteiger partial charge in [0.2, 0.25) is 4.80 Å². The first-order valence-corrected chi connectivity index (χ1v) is 10.9. The van der Waals surface area contributed by atoms with E-state index in [9.17, 15) is 4.79 Å². The van der Waals surface area contributed by atoms with Crippen molar-refractivity contribution in [2.45, 2.75) is 13.8 Å². The lowest BCUT2D eigenvalue weighted by molar-refractivity contribution is -0.118. The number of carbonyl (C=O) groups is 1. The number of fused-ring (bicyclic) bond motifs is 1. The quantitative estimate of drug-likeness (QED) is 0.456. The van der Waals surface area contributed by atoms with E-state index in [1.54, 1.807) is 10.9 Å². The monoisotopic (exact) mass is 444 g/mol. The maximum atomic E-state index is 11.8. The van der Waals surface area contributed by atoms with Crippen molar-refractivity contribution >= 4 is 34.8 Å². The third-order valence-electron chi connectivity index (χ3n) is 4.99. The molecule has 0 aliphatic carbocycles. The van der Waals surface area contributed by atoms with Gasteiger partial charge in [-0.3, -0.25) is 4.79 Å². The second kappa shape index (κ2) is 8.32. The zero-order chi connectivity index (χ0) is 22.1. The van der Waals surface area contributed by atoms with E-state index in [0.717, 1.165) is 28.3 Å². The fourth-order valence-corrected chi connectivity index (χ4v) is 4.21. The van der Waals surface area contributed by atoms with Gasteiger partial charge in [0.1, 0.15) is 17.3 Å². The first-order chi connectivity index (χ1) is 15.6. The first kappa shape index (κ1) is 20.0. The number of furan rings is 1. The number of carbonyl (C=O) groups excluding carboxylic acids is 1. The number of aryl methyl sites for hydroxylation is 2. The lowest BCUT2D eigenvalue weighted by Gasteiger charge is -2.18. The van der Waals surface area contributed by atoms with Crippen LogP contribution in [0.2, 0.25) is 0 Å². The van der Waals surface area contributed by atoms with Gasteiger partial charge in [0.25, 0.3) is 5.91 Å². The number of rotatable bonds is 4. The predicted molar refractivity (Wildman–Crippen MR) is 125 cm³/mol. The number of anilines is 1. The van der Waals surface area contributed by atoms with Crippen molar-refractivity contribution in [3.05, 3.63) is 81.9 Å². The van der Waals surface area contributed by atoms with Gasteiger partial charge in [-0.15, -0.1) is 11.3 Å². The summed E-state index contributed by atoms with van der Waals surface area (Å²) in [5, 5.41) is 9.53. The fraction of sp³-hybridized carbons (Fsp3) is 0.125. The van der Waals surface area contributed by atoms with E-state index < -0.39 is 0 Å². The van der Waals surface area contributed by atoms with Crippen molar-refractivity contribution in [1.29, 1.82) is 0 Å². The topological polar surface area (TPSA) is 81.1 Å². The van der Waals surface area contributed by atoms with Crippen LogP contribution in [0.25, 0.3) is 11.3 Å². The van der Waals surface area contributed by atoms with E-state index >= 15 is 0 Å². The van der Waals surface area contributed by atoms with Gasteiger partial charge in [-0.2, -0.15) is 5.10 Å². The van der Waals surface area contributed by atoms with Crippen molar-refractivity contribution in [2.75, 3.05) is 11.9 Å². The van der Waals surface area contributed by atoms with Gasteiger partial charge < -0.3 is 14.5 Å². The molecule has 3 heterocycles. The molecule has 0 saturated heterocycles. The summed E-state index contributed by atoms with van der Waals surface area (Å²) in [6.45, 7) is 3.94. The molecule has 0 unspecified atom stereocenters. The molecular formula is C24H20N4O3S. The third-order valence-corrected chi connectivity index (χ3v) is 5.80. The highest BCUT2D eigenvalue weighted by molar-refractivity contribution is 7.07. The van der Waals surface area contributed by atoms with Crippen LogP contribution in [-0.4, -0.2) is 23.4 Å². The zero-order valence-corrected chi connectivity index (χ0v) is 18.3. The molecule has 2 aromatic heterocycles. The van der Waals surface area contributed by atoms with Crippen molar-refractivity contribution in [2.24, 2.45) is 10.1 Å². The molecule has 0 fully saturated rings. The molecule has 7 nitrogen and oxygen atoms in total. The molecule has 0 spiro atoms. The summed E-state index contributed by atoms with van der Waals surface area (Å²) in [4.78, 5) is 17.3. The van der Waals surface area contributed by atoms with Crippen LogP contribution >= 0.6 is 11.3 Å². The molecule has 4 aromatic rings. The van der Waals surface area contributed by atoms with Crippen LogP contribution in [0.4, 0.5) is 11.4 Å². The summed E-state index contributed by atoms with van der Waals surface area (Å²) in [5.74, 6) is 1.95. The number of benzene rings is 2. The average molecular weight is 445 g/mol. The maximum Gasteiger partial charge on any atom is 0.262 e. The van der Waals surface area contributed by atoms with Gasteiger partial charge in [-0.25, -0.2) is 9.67 Å². The maximum absolute atomic E-state index is 11.8. The van der Waals surface area contributed by atoms with Gasteiger partial charge in [-0.05, 0) is 55.8 Å². The Morgan fingerprint density at radius 2 is 2.00 bits per heavy atom. The van der Waals surface area contributed by atoms with Crippen LogP contribution in [0, 0.1) is 13.8 Å². The number of aromatic nitrogens is 1. The van der Waals surface area contributed by atoms with Gasteiger partial charge in [0, 0.05) is 10.9 Å². The van der Waals surface area contributed by atoms with E-state index in [1.807, 2.05) is 73.8 Å². The van der Waals surface area contributed by atoms with Crippen molar-refractivity contribution in [3.63, 3.8) is 0 Å². The second-order valence-electron chi connectivity index (χ2n) is 7.35. The zero-order valence-electron chi connectivity index (χ0n) is 17.5. The first-order valence-electron chi connectivity index (χ1n) is 10.1. The lowest BCUT2D eigenvalue weighted by Crippen LogP contribution is -2.25. The largest absolute Gasteiger partial charge is 0.482 e. The van der Waals surface area contributed by atoms with Crippen LogP contribution in [0.5, 0.6) is 5.75 Å². The smallest absolute Gasteiger partial charge is 0.262 e. The highest BCUT2D eigenvalue weighted by atomic mass is 32.1. The molecule has 1 N–H and O–H groups in total. The molecule has 8 heteroatoms. The highest BCUT2D eigenvalue weighted by Gasteiger charge is 2.18. The third kappa shape index (κ3) is 4.00. The molecular weight excluding hydrogens is 424 g/mol. The Morgan fingerprint density at radius 1 is 1.12 bits per heavy atom. The molecule has 0 radical (unpaired) electrons. The molecule has 1 aliphatic rings. The van der Waals surface area contributed by atoms with Crippen LogP contribution in [-0.2, 0) is 4.79 Å². The van der Waals surface area contributed by atoms with Crippen LogP contribution in [0.15, 0.2) is 74.5 Å². The molecule has 1 amide bonds. The molecule has 0 atom stereocenters. The van der Waals surface area contributed by atoms with Crippen LogP contribution in [0.3, 0.4) is 0 Å². The Morgan fingerprint density at radius 3 is 2.81 bits per heavy atom. The summed E-state index contributed by atoms with van der Waals surface area (Å²) >= 11 is 1.49. The summed E-state index contributed by atoms with van der Waals surface area (Å²) in [7, 11) is 0. The number of hydrogen-bond acceptors (Lipinski definition) is 6. The summed E-state index contributed by atoms with van der Waals surface area (Å²) < 4.78 is 12.9. The number of para-hydroxylation sites is 1. The summed E-state index contributed by atoms with van der Waals surface area (Å²) in [6.07, 6.45) is 1.67. The number of hydrogen-bond donors (Lipinski definition) is 1. The van der Waals surface area contributed by atoms with Gasteiger partial charge in [0.15, 0.2) is 6.61 Å². The fourth-order valence-electron chi connectivity index (χ4n) is 3.36. The van der Waals surface area contributed by atoms with E-state index in [0.29, 0.717) is 22.0 Å². The number of nitrogens with one attached hydrogen (secondary N) is 1. The van der Waals surface area contributed by atoms with Gasteiger partial charge >= 0.3 is 0 Å². The van der Waals surface area contributed by atoms with Crippen LogP contribution < -0.4 is 14.9 Å². The molecule has 160 valence electrons. The Balaban J connectivity index is 1.64. The minimum absolute atomic E-state index is 0.0249. The normalized spacial score (nSPS) is 13.8. The SMILES string of the molecule is Cc1ccc(C=Nn2c(-c3ccc4c(c3)NC(=O)CO4)csc2=Nc2ccccc2C)o1. The number of nitrogens with zero attached hydrogens (tertiary/aromatic N) is 3. The van der Waals surface area contributed by atoms with Crippen LogP contribution in [0.1, 0.15) is 17.1 Å². The second-order valence-corrected chi connectivity index (χ2v) is 8.19. The lowest BCUT2D eigenvalue weighted by atomic mass is 10.1. The standard InChI is InChI=1S/C24H20N4O3S/c1-15-5-3-4-6-19(15)27-24-28(25-12-18-9-7-16(2)31-18)21(14-32-24)17-8-10-22-20(11-17)26-23(29)13-30-22/h3-12,14H,13H2,1-2H3,(H,26,29). The Bertz CT molecular complexity index is 1410. The van der Waals surface area contributed by atoms with E-state index in [-0.39, 0.29) is 12.5 Å². The molecule has 32 heavy (non-hydrogen) atoms. The van der Waals surface area contributed by atoms with Crippen molar-refractivity contribution in [3.8, 4) is 17.0 Å². The van der Waals surface area contributed by atoms with E-state index in [2.05, 4.69) is 10.4 Å². The summed E-state index contributed by atoms with van der Waals surface area (Å²) in [6, 6.07) is 17.4. The molecule has 0 bridgehead atoms. The Kier molecular flexibility index (Phi) is 5.20. The molecule has 2 aromatic carbocycles. The predicted octanol–water partition coefficient (Wildman–Crippen LogP) is 4.87. The Hall–Kier alpha value is -3.91. The summed E-state index contributed by atoms with van der Waals surface area (Å²) in [5.41, 5.74) is 4.31. The molecule has 5 rings (SSSR count). The Labute approximate surface area is 188 Å². The minimum Gasteiger partial charge on any atom is -0.482 e.